The number of likely N-dealkylation sites (tertiary alicyclic amines) is 1. The molecular weight excluding hydrogens is 450 g/mol. The average Bonchev–Trinajstić information content (AvgIpc) is 3.43. The van der Waals surface area contributed by atoms with Crippen LogP contribution in [0.3, 0.4) is 0 Å². The summed E-state index contributed by atoms with van der Waals surface area (Å²) in [4.78, 5) is 43.3. The number of benzene rings is 2. The Kier molecular flexibility index (Phi) is 6.31. The third-order valence-corrected chi connectivity index (χ3v) is 6.94. The van der Waals surface area contributed by atoms with Gasteiger partial charge in [0.15, 0.2) is 6.10 Å². The van der Waals surface area contributed by atoms with Crippen molar-refractivity contribution in [3.05, 3.63) is 76.5 Å². The molecule has 7 nitrogen and oxygen atoms in total. The molecule has 1 N–H and O–H groups in total. The van der Waals surface area contributed by atoms with Gasteiger partial charge in [0, 0.05) is 24.3 Å². The first-order chi connectivity index (χ1) is 16.6. The molecule has 1 aromatic heterocycles. The predicted molar refractivity (Wildman–Crippen MR) is 132 cm³/mol. The number of nitrogens with zero attached hydrogens (tertiary/aromatic N) is 2. The lowest BCUT2D eigenvalue weighted by molar-refractivity contribution is -0.139. The fraction of sp³-hybridized carbons (Fsp3) is 0.269. The SMILES string of the molecule is O=C(Nc1cccc(C(=O)N2C[C@H](C(=O)N3CCCCC3)Oc3ccccc32)c1)c1cccs1. The van der Waals surface area contributed by atoms with Crippen molar-refractivity contribution in [1.82, 2.24) is 4.90 Å². The second-order valence-corrected chi connectivity index (χ2v) is 9.34. The van der Waals surface area contributed by atoms with E-state index < -0.39 is 6.10 Å². The molecule has 1 fully saturated rings. The standard InChI is InChI=1S/C26H25N3O4S/c30-24(23-12-7-15-34-23)27-19-9-6-8-18(16-19)25(31)29-17-22(26(32)28-13-4-1-5-14-28)33-21-11-3-2-10-20(21)29/h2-3,6-12,15-16,22H,1,4-5,13-14,17H2,(H,27,30)/t22-/m1/s1. The van der Waals surface area contributed by atoms with Crippen molar-refractivity contribution in [2.75, 3.05) is 29.9 Å². The summed E-state index contributed by atoms with van der Waals surface area (Å²) in [7, 11) is 0. The highest BCUT2D eigenvalue weighted by Gasteiger charge is 2.36. The summed E-state index contributed by atoms with van der Waals surface area (Å²) in [6.45, 7) is 1.58. The zero-order valence-corrected chi connectivity index (χ0v) is 19.4. The molecule has 0 bridgehead atoms. The van der Waals surface area contributed by atoms with E-state index in [1.165, 1.54) is 11.3 Å². The molecule has 3 amide bonds. The highest BCUT2D eigenvalue weighted by molar-refractivity contribution is 7.12. The number of amides is 3. The van der Waals surface area contributed by atoms with Crippen LogP contribution in [0.15, 0.2) is 66.0 Å². The monoisotopic (exact) mass is 475 g/mol. The van der Waals surface area contributed by atoms with E-state index in [0.29, 0.717) is 27.6 Å². The first-order valence-corrected chi connectivity index (χ1v) is 12.3. The Bertz CT molecular complexity index is 1200. The maximum absolute atomic E-state index is 13.6. The van der Waals surface area contributed by atoms with Crippen LogP contribution in [0.2, 0.25) is 0 Å². The molecule has 0 unspecified atom stereocenters. The molecule has 3 heterocycles. The van der Waals surface area contributed by atoms with Gasteiger partial charge in [0.05, 0.1) is 17.1 Å². The second kappa shape index (κ2) is 9.69. The zero-order valence-electron chi connectivity index (χ0n) is 18.6. The Morgan fingerprint density at radius 3 is 2.56 bits per heavy atom. The molecule has 174 valence electrons. The van der Waals surface area contributed by atoms with Crippen molar-refractivity contribution < 1.29 is 19.1 Å². The van der Waals surface area contributed by atoms with Crippen molar-refractivity contribution in [1.29, 1.82) is 0 Å². The number of fused-ring (bicyclic) bond motifs is 1. The molecule has 0 saturated carbocycles. The number of nitrogens with one attached hydrogen (secondary N) is 1. The van der Waals surface area contributed by atoms with Gasteiger partial charge in [-0.25, -0.2) is 0 Å². The molecule has 0 radical (unpaired) electrons. The Morgan fingerprint density at radius 2 is 1.76 bits per heavy atom. The Labute approximate surface area is 201 Å². The molecule has 34 heavy (non-hydrogen) atoms. The minimum atomic E-state index is -0.751. The van der Waals surface area contributed by atoms with E-state index in [-0.39, 0.29) is 24.3 Å². The van der Waals surface area contributed by atoms with Gasteiger partial charge in [-0.2, -0.15) is 0 Å². The highest BCUT2D eigenvalue weighted by Crippen LogP contribution is 2.35. The average molecular weight is 476 g/mol. The smallest absolute Gasteiger partial charge is 0.265 e. The van der Waals surface area contributed by atoms with Gasteiger partial charge in [0.2, 0.25) is 0 Å². The fourth-order valence-corrected chi connectivity index (χ4v) is 4.98. The Morgan fingerprint density at radius 1 is 0.941 bits per heavy atom. The van der Waals surface area contributed by atoms with Crippen LogP contribution >= 0.6 is 11.3 Å². The third kappa shape index (κ3) is 4.54. The molecule has 1 saturated heterocycles. The normalized spacial score (nSPS) is 17.5. The minimum Gasteiger partial charge on any atom is -0.476 e. The molecule has 1 atom stereocenters. The topological polar surface area (TPSA) is 79.0 Å². The van der Waals surface area contributed by atoms with Crippen LogP contribution in [0.4, 0.5) is 11.4 Å². The van der Waals surface area contributed by atoms with E-state index in [1.54, 1.807) is 41.3 Å². The molecule has 2 aliphatic heterocycles. The van der Waals surface area contributed by atoms with E-state index in [4.69, 9.17) is 4.74 Å². The highest BCUT2D eigenvalue weighted by atomic mass is 32.1. The van der Waals surface area contributed by atoms with Gasteiger partial charge < -0.3 is 19.9 Å². The first-order valence-electron chi connectivity index (χ1n) is 11.4. The van der Waals surface area contributed by atoms with E-state index in [0.717, 1.165) is 32.4 Å². The quantitative estimate of drug-likeness (QED) is 0.606. The zero-order chi connectivity index (χ0) is 23.5. The number of piperidine rings is 1. The van der Waals surface area contributed by atoms with Crippen molar-refractivity contribution in [2.45, 2.75) is 25.4 Å². The van der Waals surface area contributed by atoms with Gasteiger partial charge in [-0.15, -0.1) is 11.3 Å². The van der Waals surface area contributed by atoms with Crippen LogP contribution in [-0.2, 0) is 4.79 Å². The Hall–Kier alpha value is -3.65. The number of anilines is 2. The number of hydrogen-bond acceptors (Lipinski definition) is 5. The lowest BCUT2D eigenvalue weighted by Gasteiger charge is -2.37. The van der Waals surface area contributed by atoms with Gasteiger partial charge in [-0.3, -0.25) is 14.4 Å². The number of para-hydroxylation sites is 2. The number of thiophene rings is 1. The molecule has 2 aliphatic rings. The maximum Gasteiger partial charge on any atom is 0.265 e. The van der Waals surface area contributed by atoms with Crippen molar-refractivity contribution in [3.8, 4) is 5.75 Å². The molecular formula is C26H25N3O4S. The second-order valence-electron chi connectivity index (χ2n) is 8.39. The molecule has 2 aromatic carbocycles. The van der Waals surface area contributed by atoms with Crippen LogP contribution in [0.5, 0.6) is 5.75 Å². The Balaban J connectivity index is 1.39. The van der Waals surface area contributed by atoms with E-state index in [9.17, 15) is 14.4 Å². The first kappa shape index (κ1) is 22.2. The minimum absolute atomic E-state index is 0.0797. The van der Waals surface area contributed by atoms with Gasteiger partial charge in [0.25, 0.3) is 17.7 Å². The van der Waals surface area contributed by atoms with Gasteiger partial charge in [-0.1, -0.05) is 24.3 Å². The number of hydrogen-bond donors (Lipinski definition) is 1. The molecule has 0 aliphatic carbocycles. The van der Waals surface area contributed by atoms with Crippen LogP contribution < -0.4 is 15.0 Å². The molecule has 3 aromatic rings. The van der Waals surface area contributed by atoms with Crippen LogP contribution in [0.25, 0.3) is 0 Å². The number of rotatable bonds is 4. The van der Waals surface area contributed by atoms with Crippen LogP contribution in [0, 0.1) is 0 Å². The lowest BCUT2D eigenvalue weighted by atomic mass is 10.1. The summed E-state index contributed by atoms with van der Waals surface area (Å²) in [5, 5.41) is 4.69. The summed E-state index contributed by atoms with van der Waals surface area (Å²) in [6.07, 6.45) is 2.35. The molecule has 5 rings (SSSR count). The number of ether oxygens (including phenoxy) is 1. The summed E-state index contributed by atoms with van der Waals surface area (Å²) < 4.78 is 6.04. The maximum atomic E-state index is 13.6. The molecule has 8 heteroatoms. The van der Waals surface area contributed by atoms with Gasteiger partial charge in [0.1, 0.15) is 5.75 Å². The van der Waals surface area contributed by atoms with E-state index in [2.05, 4.69) is 5.32 Å². The van der Waals surface area contributed by atoms with Gasteiger partial charge >= 0.3 is 0 Å². The largest absolute Gasteiger partial charge is 0.476 e. The van der Waals surface area contributed by atoms with Crippen molar-refractivity contribution >= 4 is 40.4 Å². The van der Waals surface area contributed by atoms with Crippen LogP contribution in [0.1, 0.15) is 39.3 Å². The van der Waals surface area contributed by atoms with Gasteiger partial charge in [-0.05, 0) is 61.0 Å². The van der Waals surface area contributed by atoms with E-state index >= 15 is 0 Å². The van der Waals surface area contributed by atoms with E-state index in [1.807, 2.05) is 34.5 Å². The third-order valence-electron chi connectivity index (χ3n) is 6.07. The predicted octanol–water partition coefficient (Wildman–Crippen LogP) is 4.42. The summed E-state index contributed by atoms with van der Waals surface area (Å²) in [6, 6.07) is 17.7. The van der Waals surface area contributed by atoms with Crippen LogP contribution in [-0.4, -0.2) is 48.4 Å². The summed E-state index contributed by atoms with van der Waals surface area (Å²) in [5.41, 5.74) is 1.58. The number of carbonyl (C=O) groups excluding carboxylic acids is 3. The van der Waals surface area contributed by atoms with Crippen molar-refractivity contribution in [2.24, 2.45) is 0 Å². The van der Waals surface area contributed by atoms with Crippen molar-refractivity contribution in [3.63, 3.8) is 0 Å². The fourth-order valence-electron chi connectivity index (χ4n) is 4.36. The molecule has 0 spiro atoms. The lowest BCUT2D eigenvalue weighted by Crippen LogP contribution is -2.52. The summed E-state index contributed by atoms with van der Waals surface area (Å²) in [5.74, 6) is -0.0356. The summed E-state index contributed by atoms with van der Waals surface area (Å²) >= 11 is 1.35. The number of carbonyl (C=O) groups is 3.